The van der Waals surface area contributed by atoms with Crippen LogP contribution in [0.15, 0.2) is 30.0 Å². The Labute approximate surface area is 205 Å². The van der Waals surface area contributed by atoms with Crippen molar-refractivity contribution in [2.75, 3.05) is 0 Å². The van der Waals surface area contributed by atoms with E-state index in [4.69, 9.17) is 4.74 Å². The molecule has 2 aliphatic rings. The van der Waals surface area contributed by atoms with Crippen LogP contribution in [0.2, 0.25) is 0 Å². The number of rotatable bonds is 5. The van der Waals surface area contributed by atoms with Crippen molar-refractivity contribution < 1.29 is 80.4 Å². The fraction of sp³-hybridized carbons (Fsp3) is 0.400. The number of nitrogens with zero attached hydrogens (tertiary/aromatic N) is 1. The number of benzene rings is 1. The van der Waals surface area contributed by atoms with Crippen LogP contribution in [0, 0.1) is 11.8 Å². The molecule has 2 aliphatic heterocycles. The molecule has 28 heavy (non-hydrogen) atoms. The molecule has 1 amide bonds. The summed E-state index contributed by atoms with van der Waals surface area (Å²) >= 11 is 0. The first kappa shape index (κ1) is 23.0. The molecular formula is C20H20KNO6. The topological polar surface area (TPSA) is 104 Å². The number of carboxylic acids is 1. The van der Waals surface area contributed by atoms with Crippen molar-refractivity contribution in [3.8, 4) is 0 Å². The zero-order valence-corrected chi connectivity index (χ0v) is 19.6. The van der Waals surface area contributed by atoms with Gasteiger partial charge in [-0.2, -0.15) is 0 Å². The summed E-state index contributed by atoms with van der Waals surface area (Å²) in [7, 11) is 0. The molecule has 0 aromatic heterocycles. The molecule has 2 heterocycles. The number of ether oxygens (including phenoxy) is 1. The number of β-lactam (4-membered cyclic amide) rings is 1. The fourth-order valence-electron chi connectivity index (χ4n) is 4.15. The Morgan fingerprint density at radius 3 is 2.18 bits per heavy atom. The number of hydrogen-bond donors (Lipinski definition) is 0. The molecule has 0 radical (unpaired) electrons. The molecule has 142 valence electrons. The molecule has 1 aromatic rings. The van der Waals surface area contributed by atoms with Crippen LogP contribution in [-0.4, -0.2) is 40.7 Å². The van der Waals surface area contributed by atoms with Crippen molar-refractivity contribution in [1.82, 2.24) is 4.90 Å². The van der Waals surface area contributed by atoms with E-state index in [2.05, 4.69) is 0 Å². The van der Waals surface area contributed by atoms with Crippen LogP contribution in [0.4, 0.5) is 0 Å². The molecule has 1 aromatic carbocycles. The number of Topliss-reactive ketones (excluding diaryl/α,β-unsaturated/α-hetero) is 1. The van der Waals surface area contributed by atoms with Gasteiger partial charge in [-0.3, -0.25) is 14.4 Å². The summed E-state index contributed by atoms with van der Waals surface area (Å²) in [4.78, 5) is 48.3. The van der Waals surface area contributed by atoms with Gasteiger partial charge >= 0.3 is 57.4 Å². The molecule has 0 aliphatic carbocycles. The maximum atomic E-state index is 12.6. The van der Waals surface area contributed by atoms with Gasteiger partial charge in [0, 0.05) is 18.4 Å². The van der Waals surface area contributed by atoms with Gasteiger partial charge in [0.1, 0.15) is 6.10 Å². The van der Waals surface area contributed by atoms with Crippen LogP contribution < -0.4 is 56.5 Å². The number of esters is 1. The third-order valence-electron chi connectivity index (χ3n) is 5.31. The number of hydrogen-bond acceptors (Lipinski definition) is 6. The van der Waals surface area contributed by atoms with Crippen molar-refractivity contribution in [1.29, 1.82) is 0 Å². The van der Waals surface area contributed by atoms with Gasteiger partial charge in [-0.1, -0.05) is 31.2 Å². The summed E-state index contributed by atoms with van der Waals surface area (Å²) < 4.78 is 5.15. The van der Waals surface area contributed by atoms with Gasteiger partial charge in [-0.25, -0.2) is 0 Å². The Morgan fingerprint density at radius 1 is 1.14 bits per heavy atom. The van der Waals surface area contributed by atoms with E-state index in [0.29, 0.717) is 16.7 Å². The SMILES string of the molecule is CC(=O)O[C@H](C)[C@H]1C(=O)N2C(C(=O)[O-])=C(c3ccc(C(C)=O)cc3)[C@H](C)[C@H]12.[K+]. The third kappa shape index (κ3) is 3.76. The predicted octanol–water partition coefficient (Wildman–Crippen LogP) is -2.22. The van der Waals surface area contributed by atoms with E-state index in [1.54, 1.807) is 31.2 Å². The normalized spacial score (nSPS) is 24.1. The minimum atomic E-state index is -1.43. The number of amides is 1. The maximum Gasteiger partial charge on any atom is 1.00 e. The second-order valence-corrected chi connectivity index (χ2v) is 7.01. The van der Waals surface area contributed by atoms with E-state index in [1.807, 2.05) is 6.92 Å². The Hall–Kier alpha value is -1.32. The molecule has 0 saturated carbocycles. The molecule has 0 N–H and O–H groups in total. The van der Waals surface area contributed by atoms with Crippen LogP contribution in [0.25, 0.3) is 5.57 Å². The van der Waals surface area contributed by atoms with E-state index < -0.39 is 35.9 Å². The fourth-order valence-corrected chi connectivity index (χ4v) is 4.15. The second kappa shape index (κ2) is 8.58. The van der Waals surface area contributed by atoms with Gasteiger partial charge in [0.05, 0.1) is 23.6 Å². The first-order chi connectivity index (χ1) is 12.6. The van der Waals surface area contributed by atoms with Crippen LogP contribution >= 0.6 is 0 Å². The summed E-state index contributed by atoms with van der Waals surface area (Å²) in [6, 6.07) is 6.18. The third-order valence-corrected chi connectivity index (χ3v) is 5.31. The minimum absolute atomic E-state index is 0. The van der Waals surface area contributed by atoms with Crippen molar-refractivity contribution in [3.05, 3.63) is 41.1 Å². The number of aliphatic carboxylic acids is 1. The molecule has 3 rings (SSSR count). The molecule has 1 saturated heterocycles. The molecule has 0 unspecified atom stereocenters. The quantitative estimate of drug-likeness (QED) is 0.236. The van der Waals surface area contributed by atoms with E-state index in [9.17, 15) is 24.3 Å². The average molecular weight is 409 g/mol. The van der Waals surface area contributed by atoms with Crippen molar-refractivity contribution in [2.45, 2.75) is 39.8 Å². The zero-order valence-electron chi connectivity index (χ0n) is 16.5. The van der Waals surface area contributed by atoms with Gasteiger partial charge in [0.25, 0.3) is 0 Å². The van der Waals surface area contributed by atoms with Crippen LogP contribution in [-0.2, 0) is 19.1 Å². The second-order valence-electron chi connectivity index (χ2n) is 7.01. The molecule has 0 spiro atoms. The Bertz CT molecular complexity index is 875. The van der Waals surface area contributed by atoms with Crippen LogP contribution in [0.1, 0.15) is 43.6 Å². The van der Waals surface area contributed by atoms with Crippen molar-refractivity contribution >= 4 is 29.2 Å². The smallest absolute Gasteiger partial charge is 0.543 e. The van der Waals surface area contributed by atoms with Crippen LogP contribution in [0.3, 0.4) is 0 Å². The van der Waals surface area contributed by atoms with Gasteiger partial charge in [-0.05, 0) is 25.0 Å². The van der Waals surface area contributed by atoms with Gasteiger partial charge in [0.15, 0.2) is 5.78 Å². The summed E-state index contributed by atoms with van der Waals surface area (Å²) in [5.41, 5.74) is 1.47. The van der Waals surface area contributed by atoms with Crippen molar-refractivity contribution in [3.63, 3.8) is 0 Å². The molecular weight excluding hydrogens is 389 g/mol. The Kier molecular flexibility index (Phi) is 7.04. The summed E-state index contributed by atoms with van der Waals surface area (Å²) in [5, 5.41) is 11.8. The first-order valence-corrected chi connectivity index (χ1v) is 8.72. The summed E-state index contributed by atoms with van der Waals surface area (Å²) in [5.74, 6) is -3.30. The Balaban J connectivity index is 0.00000280. The monoisotopic (exact) mass is 409 g/mol. The number of fused-ring (bicyclic) bond motifs is 1. The van der Waals surface area contributed by atoms with Gasteiger partial charge in [-0.15, -0.1) is 0 Å². The standard InChI is InChI=1S/C20H21NO6.K/c1-9-15(14-7-5-13(6-8-14)10(2)22)18(20(25)26)21-17(9)16(19(21)24)11(3)27-12(4)23;/h5-9,11,16-17H,1-4H3,(H,25,26);/q;+1/p-1/t9-,11+,16+,17+;/m0./s1. The van der Waals surface area contributed by atoms with E-state index in [1.165, 1.54) is 18.7 Å². The van der Waals surface area contributed by atoms with Gasteiger partial charge < -0.3 is 19.5 Å². The van der Waals surface area contributed by atoms with Crippen molar-refractivity contribution in [2.24, 2.45) is 11.8 Å². The summed E-state index contributed by atoms with van der Waals surface area (Å²) in [6.07, 6.45) is -0.652. The number of ketones is 1. The molecule has 8 heteroatoms. The molecule has 4 atom stereocenters. The number of carbonyl (C=O) groups excluding carboxylic acids is 4. The van der Waals surface area contributed by atoms with E-state index >= 15 is 0 Å². The molecule has 1 fully saturated rings. The predicted molar refractivity (Wildman–Crippen MR) is 92.9 cm³/mol. The molecule has 0 bridgehead atoms. The molecule has 7 nitrogen and oxygen atoms in total. The van der Waals surface area contributed by atoms with E-state index in [0.717, 1.165) is 0 Å². The average Bonchev–Trinajstić information content (AvgIpc) is 2.83. The maximum absolute atomic E-state index is 12.6. The zero-order chi connectivity index (χ0) is 20.0. The van der Waals surface area contributed by atoms with Gasteiger partial charge in [0.2, 0.25) is 5.91 Å². The largest absolute Gasteiger partial charge is 1.00 e. The minimum Gasteiger partial charge on any atom is -0.543 e. The first-order valence-electron chi connectivity index (χ1n) is 8.72. The number of carboxylic acid groups (broad SMARTS) is 1. The van der Waals surface area contributed by atoms with E-state index in [-0.39, 0.29) is 68.8 Å². The Morgan fingerprint density at radius 2 is 1.71 bits per heavy atom. The summed E-state index contributed by atoms with van der Waals surface area (Å²) in [6.45, 7) is 6.18. The number of carbonyl (C=O) groups is 4. The van der Waals surface area contributed by atoms with Crippen LogP contribution in [0.5, 0.6) is 0 Å².